The molecule has 0 fully saturated rings. The zero-order chi connectivity index (χ0) is 25.7. The lowest BCUT2D eigenvalue weighted by Gasteiger charge is -2.39. The highest BCUT2D eigenvalue weighted by molar-refractivity contribution is 6.30. The van der Waals surface area contributed by atoms with Gasteiger partial charge in [0.25, 0.3) is 0 Å². The number of ether oxygens (including phenoxy) is 1. The molecule has 190 valence electrons. The fourth-order valence-electron chi connectivity index (χ4n) is 4.75. The SMILES string of the molecule is CC(C)(C)NC(=O)OC(Cc1ccccc1)CN1Cc2cc(Cl)ccc2CC1Cc1ccc(Cl)cc1. The summed E-state index contributed by atoms with van der Waals surface area (Å²) < 4.78 is 6.02. The molecule has 3 aromatic rings. The quantitative estimate of drug-likeness (QED) is 0.358. The molecule has 1 heterocycles. The molecule has 36 heavy (non-hydrogen) atoms. The van der Waals surface area contributed by atoms with Crippen LogP contribution in [-0.2, 0) is 30.5 Å². The first kappa shape index (κ1) is 26.5. The van der Waals surface area contributed by atoms with Crippen LogP contribution < -0.4 is 5.32 Å². The van der Waals surface area contributed by atoms with E-state index in [1.165, 1.54) is 16.7 Å². The number of nitrogens with zero attached hydrogens (tertiary/aromatic N) is 1. The van der Waals surface area contributed by atoms with Crippen molar-refractivity contribution >= 4 is 29.3 Å². The van der Waals surface area contributed by atoms with Crippen molar-refractivity contribution in [3.05, 3.63) is 105 Å². The molecule has 6 heteroatoms. The van der Waals surface area contributed by atoms with Gasteiger partial charge in [0.05, 0.1) is 0 Å². The average molecular weight is 526 g/mol. The predicted octanol–water partition coefficient (Wildman–Crippen LogP) is 7.10. The molecule has 4 rings (SSSR count). The van der Waals surface area contributed by atoms with E-state index >= 15 is 0 Å². The fourth-order valence-corrected chi connectivity index (χ4v) is 5.07. The monoisotopic (exact) mass is 524 g/mol. The molecule has 0 spiro atoms. The molecule has 3 aromatic carbocycles. The summed E-state index contributed by atoms with van der Waals surface area (Å²) in [5, 5.41) is 4.42. The Bertz CT molecular complexity index is 1160. The van der Waals surface area contributed by atoms with Crippen molar-refractivity contribution in [2.45, 2.75) is 64.3 Å². The van der Waals surface area contributed by atoms with Crippen LogP contribution in [0, 0.1) is 0 Å². The van der Waals surface area contributed by atoms with Crippen LogP contribution in [0.3, 0.4) is 0 Å². The van der Waals surface area contributed by atoms with Gasteiger partial charge in [-0.2, -0.15) is 0 Å². The minimum absolute atomic E-state index is 0.257. The van der Waals surface area contributed by atoms with E-state index in [1.54, 1.807) is 0 Å². The minimum atomic E-state index is -0.391. The third-order valence-electron chi connectivity index (χ3n) is 6.39. The Hall–Kier alpha value is -2.53. The van der Waals surface area contributed by atoms with Gasteiger partial charge in [0.2, 0.25) is 0 Å². The van der Waals surface area contributed by atoms with Gasteiger partial charge in [0.15, 0.2) is 0 Å². The minimum Gasteiger partial charge on any atom is -0.445 e. The summed E-state index contributed by atoms with van der Waals surface area (Å²) in [7, 11) is 0. The van der Waals surface area contributed by atoms with Gasteiger partial charge >= 0.3 is 6.09 Å². The molecule has 0 aromatic heterocycles. The topological polar surface area (TPSA) is 41.6 Å². The second-order valence-electron chi connectivity index (χ2n) is 10.6. The Morgan fingerprint density at radius 2 is 1.67 bits per heavy atom. The molecule has 1 aliphatic heterocycles. The summed E-state index contributed by atoms with van der Waals surface area (Å²) in [5.74, 6) is 0. The molecule has 2 unspecified atom stereocenters. The zero-order valence-corrected chi connectivity index (χ0v) is 22.6. The second kappa shape index (κ2) is 11.7. The van der Waals surface area contributed by atoms with Gasteiger partial charge in [-0.05, 0) is 80.1 Å². The van der Waals surface area contributed by atoms with Crippen LogP contribution >= 0.6 is 23.2 Å². The van der Waals surface area contributed by atoms with Gasteiger partial charge in [-0.1, -0.05) is 71.7 Å². The maximum Gasteiger partial charge on any atom is 0.407 e. The molecule has 0 bridgehead atoms. The van der Waals surface area contributed by atoms with Crippen molar-refractivity contribution < 1.29 is 9.53 Å². The Balaban J connectivity index is 1.58. The van der Waals surface area contributed by atoms with Gasteiger partial charge in [0, 0.05) is 41.1 Å². The van der Waals surface area contributed by atoms with Crippen LogP contribution in [0.15, 0.2) is 72.8 Å². The van der Waals surface area contributed by atoms with Gasteiger partial charge in [-0.15, -0.1) is 0 Å². The molecule has 0 aliphatic carbocycles. The number of hydrogen-bond donors (Lipinski definition) is 1. The third-order valence-corrected chi connectivity index (χ3v) is 6.88. The van der Waals surface area contributed by atoms with Gasteiger partial charge < -0.3 is 10.1 Å². The molecule has 0 saturated carbocycles. The standard InChI is InChI=1S/C30H34Cl2N2O2/c1-30(2,3)33-29(35)36-28(16-21-7-5-4-6-8-21)20-34-19-24-17-26(32)14-11-23(24)18-27(34)15-22-9-12-25(31)13-10-22/h4-14,17,27-28H,15-16,18-20H2,1-3H3,(H,33,35). The van der Waals surface area contributed by atoms with E-state index < -0.39 is 6.09 Å². The average Bonchev–Trinajstić information content (AvgIpc) is 2.80. The van der Waals surface area contributed by atoms with Crippen molar-refractivity contribution in [1.82, 2.24) is 10.2 Å². The van der Waals surface area contributed by atoms with Gasteiger partial charge in [-0.25, -0.2) is 4.79 Å². The van der Waals surface area contributed by atoms with Crippen molar-refractivity contribution in [2.75, 3.05) is 6.54 Å². The Kier molecular flexibility index (Phi) is 8.61. The highest BCUT2D eigenvalue weighted by Gasteiger charge is 2.30. The van der Waals surface area contributed by atoms with Gasteiger partial charge in [0.1, 0.15) is 6.10 Å². The molecule has 1 N–H and O–H groups in total. The van der Waals surface area contributed by atoms with E-state index in [0.717, 1.165) is 35.0 Å². The number of benzene rings is 3. The van der Waals surface area contributed by atoms with Gasteiger partial charge in [-0.3, -0.25) is 4.90 Å². The summed E-state index contributed by atoms with van der Waals surface area (Å²) in [6.07, 6.45) is 1.74. The normalized spacial score (nSPS) is 16.8. The zero-order valence-electron chi connectivity index (χ0n) is 21.1. The molecular weight excluding hydrogens is 491 g/mol. The van der Waals surface area contributed by atoms with Crippen LogP contribution in [-0.4, -0.2) is 35.2 Å². The lowest BCUT2D eigenvalue weighted by Crippen LogP contribution is -2.48. The van der Waals surface area contributed by atoms with Crippen molar-refractivity contribution in [3.63, 3.8) is 0 Å². The Labute approximate surface area is 224 Å². The number of amides is 1. The number of rotatable bonds is 7. The molecule has 1 aliphatic rings. The van der Waals surface area contributed by atoms with Crippen LogP contribution in [0.1, 0.15) is 43.0 Å². The number of fused-ring (bicyclic) bond motifs is 1. The molecule has 2 atom stereocenters. The lowest BCUT2D eigenvalue weighted by molar-refractivity contribution is 0.0462. The summed E-state index contributed by atoms with van der Waals surface area (Å²) >= 11 is 12.5. The number of halogens is 2. The third kappa shape index (κ3) is 7.73. The van der Waals surface area contributed by atoms with Crippen LogP contribution in [0.5, 0.6) is 0 Å². The first-order valence-corrected chi connectivity index (χ1v) is 13.2. The second-order valence-corrected chi connectivity index (χ2v) is 11.5. The number of nitrogens with one attached hydrogen (secondary N) is 1. The van der Waals surface area contributed by atoms with E-state index in [0.29, 0.717) is 13.0 Å². The summed E-state index contributed by atoms with van der Waals surface area (Å²) in [5.41, 5.74) is 4.55. The Morgan fingerprint density at radius 3 is 2.36 bits per heavy atom. The van der Waals surface area contributed by atoms with E-state index in [1.807, 2.05) is 57.2 Å². The smallest absolute Gasteiger partial charge is 0.407 e. The number of alkyl carbamates (subject to hydrolysis) is 1. The van der Waals surface area contributed by atoms with Crippen LogP contribution in [0.25, 0.3) is 0 Å². The number of hydrogen-bond acceptors (Lipinski definition) is 3. The molecule has 0 radical (unpaired) electrons. The van der Waals surface area contributed by atoms with Crippen LogP contribution in [0.2, 0.25) is 10.0 Å². The fraction of sp³-hybridized carbons (Fsp3) is 0.367. The molecule has 4 nitrogen and oxygen atoms in total. The predicted molar refractivity (Wildman–Crippen MR) is 148 cm³/mol. The maximum absolute atomic E-state index is 12.8. The van der Waals surface area contributed by atoms with E-state index in [9.17, 15) is 4.79 Å². The molecule has 0 saturated heterocycles. The van der Waals surface area contributed by atoms with Crippen molar-refractivity contribution in [2.24, 2.45) is 0 Å². The largest absolute Gasteiger partial charge is 0.445 e. The maximum atomic E-state index is 12.8. The van der Waals surface area contributed by atoms with E-state index in [-0.39, 0.29) is 17.7 Å². The number of carbonyl (C=O) groups is 1. The summed E-state index contributed by atoms with van der Waals surface area (Å²) in [6, 6.07) is 24.7. The van der Waals surface area contributed by atoms with E-state index in [2.05, 4.69) is 46.6 Å². The van der Waals surface area contributed by atoms with Crippen molar-refractivity contribution in [3.8, 4) is 0 Å². The first-order chi connectivity index (χ1) is 17.1. The first-order valence-electron chi connectivity index (χ1n) is 12.4. The summed E-state index contributed by atoms with van der Waals surface area (Å²) in [4.78, 5) is 15.2. The van der Waals surface area contributed by atoms with E-state index in [4.69, 9.17) is 27.9 Å². The highest BCUT2D eigenvalue weighted by Crippen LogP contribution is 2.29. The highest BCUT2D eigenvalue weighted by atomic mass is 35.5. The Morgan fingerprint density at radius 1 is 0.972 bits per heavy atom. The molecule has 1 amide bonds. The number of carbonyl (C=O) groups excluding carboxylic acids is 1. The molecular formula is C30H34Cl2N2O2. The van der Waals surface area contributed by atoms with Crippen LogP contribution in [0.4, 0.5) is 4.79 Å². The summed E-state index contributed by atoms with van der Waals surface area (Å²) in [6.45, 7) is 7.23. The van der Waals surface area contributed by atoms with Crippen molar-refractivity contribution in [1.29, 1.82) is 0 Å². The lowest BCUT2D eigenvalue weighted by atomic mass is 9.89.